The summed E-state index contributed by atoms with van der Waals surface area (Å²) < 4.78 is 7.16. The number of ether oxygens (including phenoxy) is 1. The minimum Gasteiger partial charge on any atom is -0.466 e. The number of aromatic amines is 1. The predicted octanol–water partition coefficient (Wildman–Crippen LogP) is 3.70. The van der Waals surface area contributed by atoms with Crippen molar-refractivity contribution in [2.75, 3.05) is 7.11 Å². The van der Waals surface area contributed by atoms with Gasteiger partial charge < -0.3 is 4.74 Å². The maximum absolute atomic E-state index is 5.23. The van der Waals surface area contributed by atoms with Crippen LogP contribution in [0.4, 0.5) is 0 Å². The molecule has 8 heteroatoms. The summed E-state index contributed by atoms with van der Waals surface area (Å²) in [7, 11) is 1.59. The number of methoxy groups -OCH3 is 1. The largest absolute Gasteiger partial charge is 0.466 e. The third kappa shape index (κ3) is 3.87. The molecule has 0 fully saturated rings. The van der Waals surface area contributed by atoms with E-state index in [1.807, 2.05) is 22.9 Å². The summed E-state index contributed by atoms with van der Waals surface area (Å²) >= 11 is 0. The number of hydrogen-bond acceptors (Lipinski definition) is 6. The monoisotopic (exact) mass is 389 g/mol. The van der Waals surface area contributed by atoms with Crippen LogP contribution in [0.1, 0.15) is 37.6 Å². The third-order valence-electron chi connectivity index (χ3n) is 5.04. The Balaban J connectivity index is 1.61. The quantitative estimate of drug-likeness (QED) is 0.518. The van der Waals surface area contributed by atoms with Crippen LogP contribution in [-0.4, -0.2) is 42.5 Å². The number of nitrogens with zero attached hydrogens (tertiary/aromatic N) is 6. The van der Waals surface area contributed by atoms with Crippen molar-refractivity contribution in [3.05, 3.63) is 59.9 Å². The number of benzene rings is 2. The van der Waals surface area contributed by atoms with Crippen molar-refractivity contribution in [2.24, 2.45) is 0 Å². The van der Waals surface area contributed by atoms with Gasteiger partial charge in [0.05, 0.1) is 13.7 Å². The van der Waals surface area contributed by atoms with E-state index in [1.54, 1.807) is 7.11 Å². The second kappa shape index (κ2) is 8.22. The predicted molar refractivity (Wildman–Crippen MR) is 109 cm³/mol. The Morgan fingerprint density at radius 3 is 2.48 bits per heavy atom. The summed E-state index contributed by atoms with van der Waals surface area (Å²) in [5.74, 6) is 1.90. The Labute approximate surface area is 169 Å². The smallest absolute Gasteiger partial charge is 0.335 e. The van der Waals surface area contributed by atoms with Gasteiger partial charge in [-0.25, -0.2) is 9.78 Å². The van der Waals surface area contributed by atoms with Gasteiger partial charge in [0.25, 0.3) is 0 Å². The molecule has 1 N–H and O–H groups in total. The topological polar surface area (TPSA) is 94.4 Å². The lowest BCUT2D eigenvalue weighted by atomic mass is 9.98. The van der Waals surface area contributed by atoms with E-state index in [0.717, 1.165) is 34.5 Å². The lowest BCUT2D eigenvalue weighted by Gasteiger charge is -2.11. The fourth-order valence-electron chi connectivity index (χ4n) is 3.26. The van der Waals surface area contributed by atoms with E-state index in [4.69, 9.17) is 4.74 Å². The molecule has 4 rings (SSSR count). The maximum atomic E-state index is 5.23. The summed E-state index contributed by atoms with van der Waals surface area (Å²) in [6, 6.07) is 16.9. The van der Waals surface area contributed by atoms with Gasteiger partial charge in [-0.1, -0.05) is 62.4 Å². The van der Waals surface area contributed by atoms with Crippen molar-refractivity contribution in [1.29, 1.82) is 0 Å². The Morgan fingerprint density at radius 2 is 1.83 bits per heavy atom. The molecular weight excluding hydrogens is 366 g/mol. The maximum Gasteiger partial charge on any atom is 0.335 e. The number of tetrazole rings is 1. The molecule has 148 valence electrons. The van der Waals surface area contributed by atoms with E-state index in [2.05, 4.69) is 74.9 Å². The molecule has 4 aromatic rings. The zero-order valence-corrected chi connectivity index (χ0v) is 16.7. The molecule has 2 heterocycles. The molecule has 0 aliphatic rings. The molecule has 29 heavy (non-hydrogen) atoms. The van der Waals surface area contributed by atoms with Crippen LogP contribution in [0.5, 0.6) is 6.01 Å². The van der Waals surface area contributed by atoms with Gasteiger partial charge in [-0.2, -0.15) is 4.98 Å². The molecule has 0 aliphatic heterocycles. The summed E-state index contributed by atoms with van der Waals surface area (Å²) in [5, 5.41) is 18.7. The molecular formula is C21H23N7O. The number of aromatic nitrogens is 7. The molecule has 0 spiro atoms. The van der Waals surface area contributed by atoms with E-state index < -0.39 is 0 Å². The van der Waals surface area contributed by atoms with Gasteiger partial charge in [0.1, 0.15) is 5.82 Å². The highest BCUT2D eigenvalue weighted by atomic mass is 16.5. The lowest BCUT2D eigenvalue weighted by molar-refractivity contribution is 0.377. The van der Waals surface area contributed by atoms with E-state index >= 15 is 0 Å². The van der Waals surface area contributed by atoms with Crippen LogP contribution in [0.3, 0.4) is 0 Å². The van der Waals surface area contributed by atoms with Crippen LogP contribution >= 0.6 is 0 Å². The Hall–Kier alpha value is -3.55. The second-order valence-electron chi connectivity index (χ2n) is 6.92. The van der Waals surface area contributed by atoms with Crippen LogP contribution in [0.25, 0.3) is 22.5 Å². The highest BCUT2D eigenvalue weighted by Crippen LogP contribution is 2.30. The zero-order valence-electron chi connectivity index (χ0n) is 16.7. The molecule has 0 saturated carbocycles. The van der Waals surface area contributed by atoms with Gasteiger partial charge in [-0.15, -0.1) is 10.2 Å². The fraction of sp³-hybridized carbons (Fsp3) is 0.286. The van der Waals surface area contributed by atoms with Gasteiger partial charge in [-0.05, 0) is 33.5 Å². The van der Waals surface area contributed by atoms with Crippen LogP contribution < -0.4 is 4.74 Å². The number of rotatable bonds is 7. The molecule has 0 amide bonds. The van der Waals surface area contributed by atoms with Crippen molar-refractivity contribution < 1.29 is 4.74 Å². The van der Waals surface area contributed by atoms with E-state index in [1.165, 1.54) is 0 Å². The Kier molecular flexibility index (Phi) is 5.33. The summed E-state index contributed by atoms with van der Waals surface area (Å²) in [5.41, 5.74) is 4.27. The number of H-pyrrole nitrogens is 1. The first-order valence-corrected chi connectivity index (χ1v) is 9.60. The Morgan fingerprint density at radius 1 is 1.07 bits per heavy atom. The first-order chi connectivity index (χ1) is 14.2. The molecule has 0 aliphatic carbocycles. The normalized spacial score (nSPS) is 12.1. The summed E-state index contributed by atoms with van der Waals surface area (Å²) in [6.45, 7) is 4.94. The number of nitrogens with one attached hydrogen (secondary N) is 1. The van der Waals surface area contributed by atoms with Crippen molar-refractivity contribution in [3.8, 4) is 28.5 Å². The van der Waals surface area contributed by atoms with Crippen molar-refractivity contribution in [2.45, 2.75) is 32.7 Å². The molecule has 8 nitrogen and oxygen atoms in total. The van der Waals surface area contributed by atoms with Gasteiger partial charge in [0.2, 0.25) is 0 Å². The summed E-state index contributed by atoms with van der Waals surface area (Å²) in [4.78, 5) is 4.51. The van der Waals surface area contributed by atoms with Crippen molar-refractivity contribution in [1.82, 2.24) is 35.4 Å². The van der Waals surface area contributed by atoms with E-state index in [9.17, 15) is 0 Å². The molecule has 1 atom stereocenters. The van der Waals surface area contributed by atoms with Gasteiger partial charge in [-0.3, -0.25) is 0 Å². The molecule has 1 unspecified atom stereocenters. The van der Waals surface area contributed by atoms with Crippen LogP contribution in [-0.2, 0) is 6.54 Å². The lowest BCUT2D eigenvalue weighted by Crippen LogP contribution is -2.09. The van der Waals surface area contributed by atoms with Crippen molar-refractivity contribution >= 4 is 0 Å². The van der Waals surface area contributed by atoms with Gasteiger partial charge >= 0.3 is 6.01 Å². The standard InChI is InChI=1S/C21H23N7O/c1-4-14(2)20-22-21(29-3)25-28(20)13-15-9-11-16(12-10-15)17-7-5-6-8-18(17)19-23-26-27-24-19/h5-12,14H,4,13H2,1-3H3,(H,23,24,26,27). The van der Waals surface area contributed by atoms with Gasteiger partial charge in [0.15, 0.2) is 5.82 Å². The zero-order chi connectivity index (χ0) is 20.2. The minimum atomic E-state index is 0.313. The second-order valence-corrected chi connectivity index (χ2v) is 6.92. The molecule has 0 saturated heterocycles. The SMILES string of the molecule is CCC(C)c1nc(OC)nn1Cc1ccc(-c2ccccc2-c2nnn[nH]2)cc1. The van der Waals surface area contributed by atoms with Crippen LogP contribution in [0, 0.1) is 0 Å². The summed E-state index contributed by atoms with van der Waals surface area (Å²) in [6.07, 6.45) is 0.994. The first-order valence-electron chi connectivity index (χ1n) is 9.60. The van der Waals surface area contributed by atoms with E-state index in [-0.39, 0.29) is 0 Å². The number of hydrogen-bond donors (Lipinski definition) is 1. The fourth-order valence-corrected chi connectivity index (χ4v) is 3.26. The first kappa shape index (κ1) is 18.8. The molecule has 0 radical (unpaired) electrons. The molecule has 2 aromatic carbocycles. The van der Waals surface area contributed by atoms with Crippen molar-refractivity contribution in [3.63, 3.8) is 0 Å². The molecule has 0 bridgehead atoms. The highest BCUT2D eigenvalue weighted by molar-refractivity contribution is 5.80. The Bertz CT molecular complexity index is 1070. The minimum absolute atomic E-state index is 0.313. The van der Waals surface area contributed by atoms with E-state index in [0.29, 0.717) is 24.3 Å². The highest BCUT2D eigenvalue weighted by Gasteiger charge is 2.16. The van der Waals surface area contributed by atoms with Crippen LogP contribution in [0.15, 0.2) is 48.5 Å². The molecule has 2 aromatic heterocycles. The average Bonchev–Trinajstić information content (AvgIpc) is 3.44. The van der Waals surface area contributed by atoms with Gasteiger partial charge in [0, 0.05) is 11.5 Å². The average molecular weight is 389 g/mol. The van der Waals surface area contributed by atoms with Crippen LogP contribution in [0.2, 0.25) is 0 Å². The third-order valence-corrected chi connectivity index (χ3v) is 5.04.